The van der Waals surface area contributed by atoms with Crippen LogP contribution in [0.25, 0.3) is 0 Å². The van der Waals surface area contributed by atoms with E-state index in [9.17, 15) is 27.2 Å². The van der Waals surface area contributed by atoms with E-state index in [0.717, 1.165) is 12.5 Å². The fraction of sp³-hybridized carbons (Fsp3) is 0.190. The number of nitrogens with zero attached hydrogens (tertiary/aromatic N) is 2. The number of carbonyl (C=O) groups excluding carboxylic acids is 2. The summed E-state index contributed by atoms with van der Waals surface area (Å²) in [5.41, 5.74) is -3.36. The van der Waals surface area contributed by atoms with E-state index in [2.05, 4.69) is 10.3 Å². The SMILES string of the molecule is O=C(NC1(c2c(F)c(F)c(C(=O)n3ccnc3)c(F)c2F)CC1)OCc1ccccc1. The first-order chi connectivity index (χ1) is 14.8. The third kappa shape index (κ3) is 3.76. The molecule has 0 radical (unpaired) electrons. The molecule has 2 aromatic carbocycles. The number of rotatable bonds is 5. The van der Waals surface area contributed by atoms with Gasteiger partial charge in [-0.3, -0.25) is 9.36 Å². The highest BCUT2D eigenvalue weighted by atomic mass is 19.2. The standard InChI is InChI=1S/C21H15F4N3O3/c22-15-13(19(29)28-9-8-26-11-28)16(23)18(25)14(17(15)24)21(6-7-21)27-20(30)31-10-12-4-2-1-3-5-12/h1-5,8-9,11H,6-7,10H2,(H,27,30). The molecule has 1 aliphatic rings. The molecule has 0 atom stereocenters. The Morgan fingerprint density at radius 3 is 2.23 bits per heavy atom. The van der Waals surface area contributed by atoms with Gasteiger partial charge in [0.2, 0.25) is 0 Å². The lowest BCUT2D eigenvalue weighted by Crippen LogP contribution is -2.37. The summed E-state index contributed by atoms with van der Waals surface area (Å²) in [5.74, 6) is -8.51. The van der Waals surface area contributed by atoms with Crippen LogP contribution in [0.4, 0.5) is 22.4 Å². The maximum absolute atomic E-state index is 14.8. The van der Waals surface area contributed by atoms with Gasteiger partial charge in [0, 0.05) is 12.4 Å². The second kappa shape index (κ2) is 7.86. The van der Waals surface area contributed by atoms with Crippen molar-refractivity contribution < 1.29 is 31.9 Å². The zero-order valence-corrected chi connectivity index (χ0v) is 15.9. The zero-order chi connectivity index (χ0) is 22.2. The largest absolute Gasteiger partial charge is 0.445 e. The average molecular weight is 433 g/mol. The second-order valence-corrected chi connectivity index (χ2v) is 7.05. The van der Waals surface area contributed by atoms with Crippen LogP contribution in [-0.2, 0) is 16.9 Å². The highest BCUT2D eigenvalue weighted by molar-refractivity contribution is 5.96. The summed E-state index contributed by atoms with van der Waals surface area (Å²) in [5, 5.41) is 2.29. The number of imidazole rings is 1. The van der Waals surface area contributed by atoms with Gasteiger partial charge in [-0.15, -0.1) is 0 Å². The summed E-state index contributed by atoms with van der Waals surface area (Å²) in [6.45, 7) is -0.102. The highest BCUT2D eigenvalue weighted by Gasteiger charge is 2.52. The number of hydrogen-bond donors (Lipinski definition) is 1. The molecule has 1 amide bonds. The fourth-order valence-electron chi connectivity index (χ4n) is 3.27. The van der Waals surface area contributed by atoms with Crippen molar-refractivity contribution in [1.82, 2.24) is 14.9 Å². The summed E-state index contributed by atoms with van der Waals surface area (Å²) in [6, 6.07) is 8.67. The van der Waals surface area contributed by atoms with Crippen molar-refractivity contribution in [3.63, 3.8) is 0 Å². The minimum Gasteiger partial charge on any atom is -0.445 e. The van der Waals surface area contributed by atoms with Crippen LogP contribution in [-0.4, -0.2) is 21.6 Å². The Hall–Kier alpha value is -3.69. The van der Waals surface area contributed by atoms with Crippen molar-refractivity contribution in [2.75, 3.05) is 0 Å². The van der Waals surface area contributed by atoms with Crippen molar-refractivity contribution in [1.29, 1.82) is 0 Å². The molecule has 1 heterocycles. The summed E-state index contributed by atoms with van der Waals surface area (Å²) < 4.78 is 64.6. The summed E-state index contributed by atoms with van der Waals surface area (Å²) in [4.78, 5) is 27.9. The molecule has 1 fully saturated rings. The van der Waals surface area contributed by atoms with Crippen LogP contribution in [0.5, 0.6) is 0 Å². The van der Waals surface area contributed by atoms with Gasteiger partial charge in [-0.1, -0.05) is 30.3 Å². The number of ether oxygens (including phenoxy) is 1. The summed E-state index contributed by atoms with van der Waals surface area (Å²) in [7, 11) is 0. The Bertz CT molecular complexity index is 1120. The molecule has 4 rings (SSSR count). The Labute approximate surface area is 173 Å². The molecule has 1 aliphatic carbocycles. The molecule has 0 saturated heterocycles. The van der Waals surface area contributed by atoms with E-state index in [1.807, 2.05) is 0 Å². The monoisotopic (exact) mass is 433 g/mol. The van der Waals surface area contributed by atoms with E-state index in [0.29, 0.717) is 10.1 Å². The number of carbonyl (C=O) groups is 2. The molecule has 3 aromatic rings. The van der Waals surface area contributed by atoms with Gasteiger partial charge in [-0.05, 0) is 18.4 Å². The molecule has 6 nitrogen and oxygen atoms in total. The van der Waals surface area contributed by atoms with E-state index in [1.54, 1.807) is 30.3 Å². The van der Waals surface area contributed by atoms with E-state index in [4.69, 9.17) is 4.74 Å². The van der Waals surface area contributed by atoms with E-state index >= 15 is 0 Å². The smallest absolute Gasteiger partial charge is 0.408 e. The van der Waals surface area contributed by atoms with Crippen LogP contribution in [0.2, 0.25) is 0 Å². The maximum atomic E-state index is 14.8. The maximum Gasteiger partial charge on any atom is 0.408 e. The van der Waals surface area contributed by atoms with Crippen molar-refractivity contribution in [2.45, 2.75) is 25.0 Å². The number of benzene rings is 2. The van der Waals surface area contributed by atoms with E-state index in [-0.39, 0.29) is 19.4 Å². The van der Waals surface area contributed by atoms with Crippen LogP contribution in [0.3, 0.4) is 0 Å². The molecule has 160 valence electrons. The molecule has 31 heavy (non-hydrogen) atoms. The minimum atomic E-state index is -1.85. The molecular formula is C21H15F4N3O3. The molecule has 0 unspecified atom stereocenters. The Morgan fingerprint density at radius 1 is 1.03 bits per heavy atom. The number of halogens is 4. The Balaban J connectivity index is 1.60. The number of aromatic nitrogens is 2. The Morgan fingerprint density at radius 2 is 1.68 bits per heavy atom. The van der Waals surface area contributed by atoms with Gasteiger partial charge < -0.3 is 10.1 Å². The van der Waals surface area contributed by atoms with E-state index < -0.39 is 51.9 Å². The van der Waals surface area contributed by atoms with Gasteiger partial charge in [-0.2, -0.15) is 0 Å². The van der Waals surface area contributed by atoms with Gasteiger partial charge in [0.15, 0.2) is 23.3 Å². The Kier molecular flexibility index (Phi) is 5.22. The average Bonchev–Trinajstić information content (AvgIpc) is 3.30. The molecule has 1 aromatic heterocycles. The van der Waals surface area contributed by atoms with Crippen LogP contribution in [0.15, 0.2) is 49.1 Å². The molecule has 0 spiro atoms. The number of nitrogens with one attached hydrogen (secondary N) is 1. The topological polar surface area (TPSA) is 73.2 Å². The minimum absolute atomic E-state index is 0.0367. The second-order valence-electron chi connectivity index (χ2n) is 7.05. The van der Waals surface area contributed by atoms with Gasteiger partial charge in [0.1, 0.15) is 18.5 Å². The molecule has 10 heteroatoms. The first-order valence-corrected chi connectivity index (χ1v) is 9.22. The van der Waals surface area contributed by atoms with Crippen LogP contribution in [0, 0.1) is 23.3 Å². The number of hydrogen-bond acceptors (Lipinski definition) is 4. The van der Waals surface area contributed by atoms with Crippen molar-refractivity contribution in [3.8, 4) is 0 Å². The quantitative estimate of drug-likeness (QED) is 0.487. The highest BCUT2D eigenvalue weighted by Crippen LogP contribution is 2.49. The van der Waals surface area contributed by atoms with Gasteiger partial charge in [0.05, 0.1) is 11.1 Å². The first-order valence-electron chi connectivity index (χ1n) is 9.22. The van der Waals surface area contributed by atoms with Crippen LogP contribution >= 0.6 is 0 Å². The van der Waals surface area contributed by atoms with Gasteiger partial charge >= 0.3 is 6.09 Å². The first kappa shape index (κ1) is 20.6. The fourth-order valence-corrected chi connectivity index (χ4v) is 3.27. The summed E-state index contributed by atoms with van der Waals surface area (Å²) >= 11 is 0. The van der Waals surface area contributed by atoms with Gasteiger partial charge in [-0.25, -0.2) is 27.3 Å². The molecule has 0 bridgehead atoms. The van der Waals surface area contributed by atoms with Crippen LogP contribution in [0.1, 0.15) is 34.3 Å². The normalized spacial score (nSPS) is 14.2. The van der Waals surface area contributed by atoms with Crippen LogP contribution < -0.4 is 5.32 Å². The van der Waals surface area contributed by atoms with Crippen molar-refractivity contribution in [2.24, 2.45) is 0 Å². The lowest BCUT2D eigenvalue weighted by atomic mass is 9.99. The zero-order valence-electron chi connectivity index (χ0n) is 15.9. The van der Waals surface area contributed by atoms with E-state index in [1.165, 1.54) is 6.20 Å². The van der Waals surface area contributed by atoms with Gasteiger partial charge in [0.25, 0.3) is 5.91 Å². The third-order valence-electron chi connectivity index (χ3n) is 5.00. The number of amides is 1. The predicted octanol–water partition coefficient (Wildman–Crippen LogP) is 4.04. The van der Waals surface area contributed by atoms with Crippen molar-refractivity contribution >= 4 is 12.0 Å². The van der Waals surface area contributed by atoms with Crippen molar-refractivity contribution in [3.05, 3.63) is 89.0 Å². The predicted molar refractivity (Wildman–Crippen MR) is 98.9 cm³/mol. The molecule has 0 aliphatic heterocycles. The lowest BCUT2D eigenvalue weighted by Gasteiger charge is -2.21. The summed E-state index contributed by atoms with van der Waals surface area (Å²) in [6.07, 6.45) is 2.26. The molecule has 1 saturated carbocycles. The lowest BCUT2D eigenvalue weighted by molar-refractivity contribution is 0.0947. The molecule has 1 N–H and O–H groups in total. The third-order valence-corrected chi connectivity index (χ3v) is 5.00. The molecular weight excluding hydrogens is 418 g/mol. The number of alkyl carbamates (subject to hydrolysis) is 1.